The van der Waals surface area contributed by atoms with E-state index in [2.05, 4.69) is 163 Å². The van der Waals surface area contributed by atoms with E-state index in [0.29, 0.717) is 0 Å². The second kappa shape index (κ2) is 22.2. The number of hydrogen-bond acceptors (Lipinski definition) is 0. The van der Waals surface area contributed by atoms with Gasteiger partial charge in [0.25, 0.3) is 0 Å². The van der Waals surface area contributed by atoms with Crippen molar-refractivity contribution in [2.75, 3.05) is 0 Å². The molecule has 6 aromatic carbocycles. The fraction of sp³-hybridized carbons (Fsp3) is 0.478. The van der Waals surface area contributed by atoms with Gasteiger partial charge in [-0.3, -0.25) is 0 Å². The van der Waals surface area contributed by atoms with E-state index in [1.54, 1.807) is 33.4 Å². The molecule has 69 heavy (non-hydrogen) atoms. The molecule has 9 rings (SSSR count). The molecule has 0 spiro atoms. The van der Waals surface area contributed by atoms with Crippen molar-refractivity contribution in [1.29, 1.82) is 0 Å². The van der Waals surface area contributed by atoms with Crippen molar-refractivity contribution >= 4 is 0 Å². The van der Waals surface area contributed by atoms with Crippen LogP contribution in [0.1, 0.15) is 229 Å². The van der Waals surface area contributed by atoms with Gasteiger partial charge in [-0.25, -0.2) is 0 Å². The Morgan fingerprint density at radius 3 is 0.696 bits per heavy atom. The standard InChI is InChI=1S/C69H86/c1-7-13-23-41-67(42-24-14-8-2)61-31-21-19-29-55(61)57-37-33-51(47-63(57)67)53-35-39-59-60-40-36-54(50-66(60)69(65(59)49-53,45-27-17-11-5)46-28-18-12-6)52-34-38-58-56-30-20-22-32-62(56)68(64(58)48-52,43-25-15-9-3)44-26-16-10-4/h19-22,29-40,47-50H,7-18,23-28,41-46H2,1-6H3. The lowest BCUT2D eigenvalue weighted by atomic mass is 9.69. The van der Waals surface area contributed by atoms with Crippen LogP contribution in [0.2, 0.25) is 0 Å². The summed E-state index contributed by atoms with van der Waals surface area (Å²) in [6.07, 6.45) is 30.4. The van der Waals surface area contributed by atoms with Crippen molar-refractivity contribution in [3.8, 4) is 55.6 Å². The Labute approximate surface area is 420 Å². The molecule has 0 bridgehead atoms. The van der Waals surface area contributed by atoms with Crippen LogP contribution in [-0.4, -0.2) is 0 Å². The zero-order valence-electron chi connectivity index (χ0n) is 44.0. The van der Waals surface area contributed by atoms with Crippen LogP contribution < -0.4 is 0 Å². The first kappa shape index (κ1) is 49.3. The summed E-state index contributed by atoms with van der Waals surface area (Å²) in [5, 5.41) is 0. The van der Waals surface area contributed by atoms with E-state index < -0.39 is 0 Å². The minimum absolute atomic E-state index is 0.00488. The molecular weight excluding hydrogens is 829 g/mol. The van der Waals surface area contributed by atoms with Crippen LogP contribution in [0.3, 0.4) is 0 Å². The molecule has 362 valence electrons. The largest absolute Gasteiger partial charge is 0.0654 e. The summed E-state index contributed by atoms with van der Waals surface area (Å²) in [4.78, 5) is 0. The molecule has 0 saturated carbocycles. The number of benzene rings is 6. The van der Waals surface area contributed by atoms with Gasteiger partial charge >= 0.3 is 0 Å². The Bertz CT molecular complexity index is 2460. The van der Waals surface area contributed by atoms with Crippen molar-refractivity contribution in [1.82, 2.24) is 0 Å². The van der Waals surface area contributed by atoms with Gasteiger partial charge in [-0.2, -0.15) is 0 Å². The van der Waals surface area contributed by atoms with Gasteiger partial charge in [0.2, 0.25) is 0 Å². The van der Waals surface area contributed by atoms with Gasteiger partial charge in [-0.1, -0.05) is 254 Å². The molecule has 3 aliphatic rings. The molecule has 3 aliphatic carbocycles. The maximum atomic E-state index is 2.69. The van der Waals surface area contributed by atoms with Gasteiger partial charge in [0.05, 0.1) is 0 Å². The topological polar surface area (TPSA) is 0 Å². The summed E-state index contributed by atoms with van der Waals surface area (Å²) < 4.78 is 0. The Balaban J connectivity index is 1.16. The molecule has 0 atom stereocenters. The first-order valence-corrected chi connectivity index (χ1v) is 28.7. The lowest BCUT2D eigenvalue weighted by Gasteiger charge is -2.34. The average molecular weight is 915 g/mol. The van der Waals surface area contributed by atoms with E-state index in [-0.39, 0.29) is 16.2 Å². The summed E-state index contributed by atoms with van der Waals surface area (Å²) in [6, 6.07) is 49.7. The van der Waals surface area contributed by atoms with E-state index in [0.717, 1.165) is 0 Å². The second-order valence-electron chi connectivity index (χ2n) is 22.1. The highest BCUT2D eigenvalue weighted by molar-refractivity contribution is 5.89. The summed E-state index contributed by atoms with van der Waals surface area (Å²) >= 11 is 0. The van der Waals surface area contributed by atoms with Crippen molar-refractivity contribution in [2.45, 2.75) is 212 Å². The summed E-state index contributed by atoms with van der Waals surface area (Å²) in [5.41, 5.74) is 24.2. The molecule has 0 heteroatoms. The van der Waals surface area contributed by atoms with Gasteiger partial charge in [0, 0.05) is 16.2 Å². The van der Waals surface area contributed by atoms with E-state index in [1.165, 1.54) is 210 Å². The SMILES string of the molecule is CCCCCC1(CCCCC)c2ccccc2-c2ccc(-c3ccc4c(c3)C(CCCCC)(CCCCC)c3cc(-c5ccc6c(c5)C(CCCCC)(CCCCC)c5ccccc5-6)ccc3-4)cc21. The fourth-order valence-corrected chi connectivity index (χ4v) is 14.2. The number of fused-ring (bicyclic) bond motifs is 9. The van der Waals surface area contributed by atoms with Gasteiger partial charge in [0.1, 0.15) is 0 Å². The van der Waals surface area contributed by atoms with Gasteiger partial charge in [-0.05, 0) is 152 Å². The third kappa shape index (κ3) is 9.15. The number of hydrogen-bond donors (Lipinski definition) is 0. The monoisotopic (exact) mass is 915 g/mol. The third-order valence-corrected chi connectivity index (χ3v) is 17.8. The van der Waals surface area contributed by atoms with Crippen molar-refractivity contribution in [3.63, 3.8) is 0 Å². The number of unbranched alkanes of at least 4 members (excludes halogenated alkanes) is 12. The van der Waals surface area contributed by atoms with Crippen LogP contribution >= 0.6 is 0 Å². The fourth-order valence-electron chi connectivity index (χ4n) is 14.2. The van der Waals surface area contributed by atoms with Crippen LogP contribution in [0.5, 0.6) is 0 Å². The van der Waals surface area contributed by atoms with Crippen molar-refractivity contribution in [2.24, 2.45) is 0 Å². The molecular formula is C69H86. The minimum atomic E-state index is -0.00488. The predicted molar refractivity (Wildman–Crippen MR) is 301 cm³/mol. The van der Waals surface area contributed by atoms with Crippen LogP contribution in [-0.2, 0) is 16.2 Å². The molecule has 0 aromatic heterocycles. The number of rotatable bonds is 26. The van der Waals surface area contributed by atoms with Gasteiger partial charge < -0.3 is 0 Å². The maximum absolute atomic E-state index is 2.69. The zero-order chi connectivity index (χ0) is 47.9. The third-order valence-electron chi connectivity index (χ3n) is 17.8. The molecule has 0 unspecified atom stereocenters. The zero-order valence-corrected chi connectivity index (χ0v) is 44.0. The molecule has 0 nitrogen and oxygen atoms in total. The molecule has 0 radical (unpaired) electrons. The average Bonchev–Trinajstić information content (AvgIpc) is 3.93. The molecule has 0 saturated heterocycles. The molecule has 6 aromatic rings. The Kier molecular flexibility index (Phi) is 15.8. The second-order valence-corrected chi connectivity index (χ2v) is 22.1. The van der Waals surface area contributed by atoms with E-state index >= 15 is 0 Å². The lowest BCUT2D eigenvalue weighted by molar-refractivity contribution is 0.405. The summed E-state index contributed by atoms with van der Waals surface area (Å²) in [5.74, 6) is 0. The highest BCUT2D eigenvalue weighted by atomic mass is 14.5. The highest BCUT2D eigenvalue weighted by Gasteiger charge is 2.45. The molecule has 0 aliphatic heterocycles. The maximum Gasteiger partial charge on any atom is 0.0215 e. The van der Waals surface area contributed by atoms with E-state index in [4.69, 9.17) is 0 Å². The smallest absolute Gasteiger partial charge is 0.0215 e. The van der Waals surface area contributed by atoms with Gasteiger partial charge in [0.15, 0.2) is 0 Å². The first-order chi connectivity index (χ1) is 33.9. The quantitative estimate of drug-likeness (QED) is 0.0476. The first-order valence-electron chi connectivity index (χ1n) is 28.7. The van der Waals surface area contributed by atoms with E-state index in [9.17, 15) is 0 Å². The minimum Gasteiger partial charge on any atom is -0.0654 e. The molecule has 0 heterocycles. The predicted octanol–water partition coefficient (Wildman–Crippen LogP) is 21.3. The van der Waals surface area contributed by atoms with Gasteiger partial charge in [-0.15, -0.1) is 0 Å². The molecule has 0 N–H and O–H groups in total. The Morgan fingerprint density at radius 2 is 0.449 bits per heavy atom. The Morgan fingerprint density at radius 1 is 0.232 bits per heavy atom. The van der Waals surface area contributed by atoms with E-state index in [1.807, 2.05) is 0 Å². The van der Waals surface area contributed by atoms with Crippen LogP contribution in [0.4, 0.5) is 0 Å². The lowest BCUT2D eigenvalue weighted by Crippen LogP contribution is -2.26. The summed E-state index contributed by atoms with van der Waals surface area (Å²) in [6.45, 7) is 14.2. The molecule has 0 amide bonds. The summed E-state index contributed by atoms with van der Waals surface area (Å²) in [7, 11) is 0. The highest BCUT2D eigenvalue weighted by Crippen LogP contribution is 2.59. The van der Waals surface area contributed by atoms with Crippen LogP contribution in [0, 0.1) is 0 Å². The normalized spacial score (nSPS) is 15.1. The molecule has 0 fully saturated rings. The van der Waals surface area contributed by atoms with Crippen LogP contribution in [0.25, 0.3) is 55.6 Å². The van der Waals surface area contributed by atoms with Crippen molar-refractivity contribution in [3.05, 3.63) is 155 Å². The Hall–Kier alpha value is -4.68. The van der Waals surface area contributed by atoms with Crippen LogP contribution in [0.15, 0.2) is 121 Å². The van der Waals surface area contributed by atoms with Crippen molar-refractivity contribution < 1.29 is 0 Å².